The van der Waals surface area contributed by atoms with Gasteiger partial charge in [0.05, 0.1) is 0 Å². The molecule has 0 aromatic rings. The van der Waals surface area contributed by atoms with Crippen LogP contribution in [0.4, 0.5) is 0 Å². The third-order valence-corrected chi connectivity index (χ3v) is 0. The molecule has 1 radical (unpaired) electrons. The minimum absolute atomic E-state index is 0. The molecule has 2 heteroatoms. The van der Waals surface area contributed by atoms with E-state index in [0.717, 1.165) is 0 Å². The van der Waals surface area contributed by atoms with E-state index in [4.69, 9.17) is 0 Å². The van der Waals surface area contributed by atoms with E-state index in [2.05, 4.69) is 13.2 Å². The summed E-state index contributed by atoms with van der Waals surface area (Å²) in [4.78, 5) is 0. The molecule has 0 aliphatic carbocycles. The monoisotopic (exact) mass is 107 g/mol. The molecule has 0 atom stereocenters. The molecular formula is C2H4FeNa+4. The molecule has 0 aromatic carbocycles. The molecule has 0 saturated heterocycles. The summed E-state index contributed by atoms with van der Waals surface area (Å²) in [5.74, 6) is 0. The molecule has 0 unspecified atom stereocenters. The standard InChI is InChI=1S/C2H4.Fe.Na/c1-2;;/h1-2H2;;/q;+3;+1. The Morgan fingerprint density at radius 1 is 1.00 bits per heavy atom. The third-order valence-electron chi connectivity index (χ3n) is 0. The van der Waals surface area contributed by atoms with Gasteiger partial charge in [0.2, 0.25) is 0 Å². The van der Waals surface area contributed by atoms with Gasteiger partial charge in [0.15, 0.2) is 0 Å². The van der Waals surface area contributed by atoms with Crippen LogP contribution >= 0.6 is 0 Å². The molecule has 0 heterocycles. The Balaban J connectivity index is -0.00000000500. The van der Waals surface area contributed by atoms with Gasteiger partial charge < -0.3 is 0 Å². The molecule has 0 rings (SSSR count). The molecule has 0 bridgehead atoms. The zero-order chi connectivity index (χ0) is 2.00. The fourth-order valence-electron chi connectivity index (χ4n) is 0. The molecule has 0 aromatic heterocycles. The molecule has 4 heavy (non-hydrogen) atoms. The summed E-state index contributed by atoms with van der Waals surface area (Å²) in [6, 6.07) is 0. The van der Waals surface area contributed by atoms with Gasteiger partial charge in [0.1, 0.15) is 0 Å². The van der Waals surface area contributed by atoms with Gasteiger partial charge in [-0.05, 0) is 0 Å². The van der Waals surface area contributed by atoms with E-state index in [1.54, 1.807) is 0 Å². The zero-order valence-corrected chi connectivity index (χ0v) is 5.87. The van der Waals surface area contributed by atoms with Crippen molar-refractivity contribution in [1.82, 2.24) is 0 Å². The summed E-state index contributed by atoms with van der Waals surface area (Å²) in [6.45, 7) is 6.00. The van der Waals surface area contributed by atoms with Crippen LogP contribution in [0.3, 0.4) is 0 Å². The summed E-state index contributed by atoms with van der Waals surface area (Å²) in [6.07, 6.45) is 0. The van der Waals surface area contributed by atoms with E-state index in [0.29, 0.717) is 0 Å². The van der Waals surface area contributed by atoms with Gasteiger partial charge in [0.25, 0.3) is 0 Å². The molecule has 0 fully saturated rings. The summed E-state index contributed by atoms with van der Waals surface area (Å²) < 4.78 is 0. The van der Waals surface area contributed by atoms with E-state index in [1.165, 1.54) is 0 Å². The predicted octanol–water partition coefficient (Wildman–Crippen LogP) is -2.20. The molecule has 0 amide bonds. The number of hydrogen-bond acceptors (Lipinski definition) is 0. The van der Waals surface area contributed by atoms with Crippen LogP contribution in [0.1, 0.15) is 0 Å². The quantitative estimate of drug-likeness (QED) is 0.243. The van der Waals surface area contributed by atoms with Gasteiger partial charge in [-0.2, -0.15) is 0 Å². The Kier molecular flexibility index (Phi) is 133. The third kappa shape index (κ3) is 10.5. The maximum atomic E-state index is 3.00. The minimum Gasteiger partial charge on any atom is -0.106 e. The molecule has 0 aliphatic rings. The SMILES string of the molecule is C=C.[Fe+3].[Na+]. The van der Waals surface area contributed by atoms with Gasteiger partial charge in [-0.15, -0.1) is 13.2 Å². The van der Waals surface area contributed by atoms with Gasteiger partial charge in [-0.25, -0.2) is 0 Å². The number of rotatable bonds is 0. The van der Waals surface area contributed by atoms with E-state index in [1.807, 2.05) is 0 Å². The van der Waals surface area contributed by atoms with Crippen molar-refractivity contribution >= 4 is 0 Å². The molecule has 0 spiro atoms. The summed E-state index contributed by atoms with van der Waals surface area (Å²) in [7, 11) is 0. The second-order valence-corrected chi connectivity index (χ2v) is 0. The van der Waals surface area contributed by atoms with Crippen molar-refractivity contribution in [1.29, 1.82) is 0 Å². The van der Waals surface area contributed by atoms with Crippen molar-refractivity contribution in [2.24, 2.45) is 0 Å². The van der Waals surface area contributed by atoms with Crippen molar-refractivity contribution < 1.29 is 46.6 Å². The normalized spacial score (nSPS) is 1.00. The maximum Gasteiger partial charge on any atom is 3.00 e. The van der Waals surface area contributed by atoms with Crippen LogP contribution in [-0.2, 0) is 17.1 Å². The van der Waals surface area contributed by atoms with Crippen LogP contribution in [-0.4, -0.2) is 0 Å². The average Bonchev–Trinajstić information content (AvgIpc) is 1.00. The van der Waals surface area contributed by atoms with Crippen molar-refractivity contribution in [3.8, 4) is 0 Å². The first kappa shape index (κ1) is 18.7. The molecule has 0 saturated carbocycles. The van der Waals surface area contributed by atoms with Gasteiger partial charge in [-0.1, -0.05) is 0 Å². The first-order chi connectivity index (χ1) is 1.00. The van der Waals surface area contributed by atoms with E-state index < -0.39 is 0 Å². The van der Waals surface area contributed by atoms with E-state index >= 15 is 0 Å². The van der Waals surface area contributed by atoms with Gasteiger partial charge >= 0.3 is 46.6 Å². The Morgan fingerprint density at radius 3 is 1.00 bits per heavy atom. The Labute approximate surface area is 59.4 Å². The Hall–Kier alpha value is 1.26. The van der Waals surface area contributed by atoms with Crippen molar-refractivity contribution in [2.45, 2.75) is 0 Å². The second-order valence-electron chi connectivity index (χ2n) is 0. The topological polar surface area (TPSA) is 0 Å². The molecule has 0 aliphatic heterocycles. The van der Waals surface area contributed by atoms with Crippen LogP contribution < -0.4 is 29.6 Å². The van der Waals surface area contributed by atoms with E-state index in [9.17, 15) is 0 Å². The average molecular weight is 107 g/mol. The zero-order valence-electron chi connectivity index (χ0n) is 2.77. The Bertz CT molecular complexity index is 6.00. The molecule has 0 nitrogen and oxygen atoms in total. The van der Waals surface area contributed by atoms with Crippen LogP contribution in [0, 0.1) is 0 Å². The smallest absolute Gasteiger partial charge is 0.106 e. The van der Waals surface area contributed by atoms with Crippen LogP contribution in [0.5, 0.6) is 0 Å². The Morgan fingerprint density at radius 2 is 1.00 bits per heavy atom. The van der Waals surface area contributed by atoms with Crippen LogP contribution in [0.25, 0.3) is 0 Å². The van der Waals surface area contributed by atoms with Crippen molar-refractivity contribution in [2.75, 3.05) is 0 Å². The van der Waals surface area contributed by atoms with Gasteiger partial charge in [-0.3, -0.25) is 0 Å². The first-order valence-corrected chi connectivity index (χ1v) is 0.500. The minimum atomic E-state index is 0. The molecule has 0 N–H and O–H groups in total. The predicted molar refractivity (Wildman–Crippen MR) is 11.3 cm³/mol. The summed E-state index contributed by atoms with van der Waals surface area (Å²) >= 11 is 0. The largest absolute Gasteiger partial charge is 3.00 e. The van der Waals surface area contributed by atoms with Crippen molar-refractivity contribution in [3.63, 3.8) is 0 Å². The maximum absolute atomic E-state index is 3.00. The van der Waals surface area contributed by atoms with Crippen LogP contribution in [0.2, 0.25) is 0 Å². The van der Waals surface area contributed by atoms with Crippen LogP contribution in [0.15, 0.2) is 13.2 Å². The number of hydrogen-bond donors (Lipinski definition) is 0. The molecule has 17 valence electrons. The van der Waals surface area contributed by atoms with E-state index in [-0.39, 0.29) is 46.6 Å². The van der Waals surface area contributed by atoms with Gasteiger partial charge in [0, 0.05) is 0 Å². The summed E-state index contributed by atoms with van der Waals surface area (Å²) in [5.41, 5.74) is 0. The fraction of sp³-hybridized carbons (Fsp3) is 0. The molecular weight excluding hydrogens is 103 g/mol. The second kappa shape index (κ2) is 28.5. The fourth-order valence-corrected chi connectivity index (χ4v) is 0. The first-order valence-electron chi connectivity index (χ1n) is 0.500. The van der Waals surface area contributed by atoms with Crippen molar-refractivity contribution in [3.05, 3.63) is 13.2 Å². The summed E-state index contributed by atoms with van der Waals surface area (Å²) in [5, 5.41) is 0.